The lowest BCUT2D eigenvalue weighted by molar-refractivity contribution is -0.110. The molecule has 30 heavy (non-hydrogen) atoms. The lowest BCUT2D eigenvalue weighted by Crippen LogP contribution is -2.56. The van der Waals surface area contributed by atoms with Gasteiger partial charge in [0.2, 0.25) is 0 Å². The van der Waals surface area contributed by atoms with E-state index in [0.717, 1.165) is 16.1 Å². The largest absolute Gasteiger partial charge is 0.467 e. The summed E-state index contributed by atoms with van der Waals surface area (Å²) in [5.41, 5.74) is 6.25. The van der Waals surface area contributed by atoms with Crippen LogP contribution in [0, 0.1) is 23.7 Å². The summed E-state index contributed by atoms with van der Waals surface area (Å²) in [6, 6.07) is 13.2. The van der Waals surface area contributed by atoms with Crippen molar-refractivity contribution < 1.29 is 9.47 Å². The Morgan fingerprint density at radius 2 is 1.67 bits per heavy atom. The van der Waals surface area contributed by atoms with E-state index in [1.807, 2.05) is 0 Å². The van der Waals surface area contributed by atoms with Crippen molar-refractivity contribution in [3.63, 3.8) is 0 Å². The molecule has 0 spiro atoms. The maximum absolute atomic E-state index is 6.39. The molecule has 4 saturated carbocycles. The minimum Gasteiger partial charge on any atom is -0.467 e. The Morgan fingerprint density at radius 1 is 0.967 bits per heavy atom. The Labute approximate surface area is 189 Å². The molecule has 160 valence electrons. The quantitative estimate of drug-likeness (QED) is 0.419. The van der Waals surface area contributed by atoms with Gasteiger partial charge >= 0.3 is 0 Å². The van der Waals surface area contributed by atoms with Crippen LogP contribution in [0.4, 0.5) is 0 Å². The van der Waals surface area contributed by atoms with Crippen LogP contribution >= 0.6 is 15.9 Å². The predicted molar refractivity (Wildman–Crippen MR) is 126 cm³/mol. The molecule has 0 aromatic heterocycles. The average Bonchev–Trinajstić information content (AvgIpc) is 2.64. The van der Waals surface area contributed by atoms with Crippen LogP contribution in [0.25, 0.3) is 11.1 Å². The van der Waals surface area contributed by atoms with Crippen LogP contribution in [-0.4, -0.2) is 13.9 Å². The molecule has 4 aliphatic rings. The lowest BCUT2D eigenvalue weighted by Gasteiger charge is -2.65. The fourth-order valence-electron chi connectivity index (χ4n) is 8.07. The van der Waals surface area contributed by atoms with Crippen molar-refractivity contribution in [2.24, 2.45) is 16.7 Å². The zero-order chi connectivity index (χ0) is 21.1. The molecule has 2 atom stereocenters. The standard InChI is InChI=1S/C27H33BrO2/c1-18-9-21(20-7-5-6-8-23(20)28)24(30-17-29-4)22(10-18)27-13-19-11-25(2,15-27)14-26(3,12-19)16-27/h5-10,19H,11-17H2,1-4H3. The zero-order valence-electron chi connectivity index (χ0n) is 18.7. The molecule has 6 rings (SSSR count). The van der Waals surface area contributed by atoms with Crippen molar-refractivity contribution in [2.45, 2.75) is 64.7 Å². The van der Waals surface area contributed by atoms with Crippen molar-refractivity contribution >= 4 is 15.9 Å². The third-order valence-corrected chi connectivity index (χ3v) is 8.61. The van der Waals surface area contributed by atoms with Gasteiger partial charge in [-0.1, -0.05) is 54.0 Å². The predicted octanol–water partition coefficient (Wildman–Crippen LogP) is 7.66. The van der Waals surface area contributed by atoms with Crippen molar-refractivity contribution in [1.29, 1.82) is 0 Å². The van der Waals surface area contributed by atoms with Crippen molar-refractivity contribution in [3.05, 3.63) is 52.0 Å². The summed E-state index contributed by atoms with van der Waals surface area (Å²) < 4.78 is 12.9. The van der Waals surface area contributed by atoms with Gasteiger partial charge in [0.25, 0.3) is 0 Å². The summed E-state index contributed by atoms with van der Waals surface area (Å²) >= 11 is 3.78. The van der Waals surface area contributed by atoms with Crippen LogP contribution in [0.15, 0.2) is 40.9 Å². The maximum atomic E-state index is 6.39. The van der Waals surface area contributed by atoms with E-state index in [2.05, 4.69) is 73.1 Å². The summed E-state index contributed by atoms with van der Waals surface area (Å²) in [5.74, 6) is 1.88. The third kappa shape index (κ3) is 3.33. The summed E-state index contributed by atoms with van der Waals surface area (Å²) in [7, 11) is 1.71. The van der Waals surface area contributed by atoms with Gasteiger partial charge in [0, 0.05) is 28.1 Å². The first kappa shape index (κ1) is 20.6. The SMILES string of the molecule is COCOc1c(-c2ccccc2Br)cc(C)cc1C12CC3CC(C)(CC(C)(C3)C1)C2. The maximum Gasteiger partial charge on any atom is 0.188 e. The smallest absolute Gasteiger partial charge is 0.188 e. The fourth-order valence-corrected chi connectivity index (χ4v) is 8.57. The van der Waals surface area contributed by atoms with Gasteiger partial charge < -0.3 is 9.47 Å². The van der Waals surface area contributed by atoms with Crippen LogP contribution in [0.3, 0.4) is 0 Å². The fraction of sp³-hybridized carbons (Fsp3) is 0.556. The van der Waals surface area contributed by atoms with E-state index < -0.39 is 0 Å². The average molecular weight is 469 g/mol. The van der Waals surface area contributed by atoms with E-state index in [0.29, 0.717) is 10.8 Å². The van der Waals surface area contributed by atoms with Crippen LogP contribution in [-0.2, 0) is 10.2 Å². The van der Waals surface area contributed by atoms with Crippen LogP contribution in [0.5, 0.6) is 5.75 Å². The number of aryl methyl sites for hydroxylation is 1. The normalized spacial score (nSPS) is 34.4. The molecule has 2 aromatic rings. The summed E-state index contributed by atoms with van der Waals surface area (Å²) in [4.78, 5) is 0. The molecule has 2 aromatic carbocycles. The second-order valence-electron chi connectivity index (χ2n) is 11.1. The van der Waals surface area contributed by atoms with Gasteiger partial charge in [-0.05, 0) is 85.5 Å². The minimum absolute atomic E-state index is 0.216. The van der Waals surface area contributed by atoms with E-state index in [1.54, 1.807) is 7.11 Å². The Morgan fingerprint density at radius 3 is 2.30 bits per heavy atom. The number of hydrogen-bond acceptors (Lipinski definition) is 2. The highest BCUT2D eigenvalue weighted by Gasteiger charge is 2.61. The molecule has 0 heterocycles. The first-order valence-electron chi connectivity index (χ1n) is 11.3. The van der Waals surface area contributed by atoms with Gasteiger partial charge in [0.1, 0.15) is 5.75 Å². The summed E-state index contributed by atoms with van der Waals surface area (Å²) in [6.07, 6.45) is 8.07. The first-order valence-corrected chi connectivity index (χ1v) is 12.1. The second kappa shape index (κ2) is 7.10. The van der Waals surface area contributed by atoms with E-state index in [-0.39, 0.29) is 12.2 Å². The Hall–Kier alpha value is -1.32. The molecule has 2 nitrogen and oxygen atoms in total. The molecular formula is C27H33BrO2. The Balaban J connectivity index is 1.72. The molecule has 2 unspecified atom stereocenters. The number of hydrogen-bond donors (Lipinski definition) is 0. The zero-order valence-corrected chi connectivity index (χ0v) is 20.3. The molecule has 4 bridgehead atoms. The number of halogens is 1. The number of methoxy groups -OCH3 is 1. The number of benzene rings is 2. The third-order valence-electron chi connectivity index (χ3n) is 7.92. The number of ether oxygens (including phenoxy) is 2. The summed E-state index contributed by atoms with van der Waals surface area (Å²) in [5, 5.41) is 0. The topological polar surface area (TPSA) is 18.5 Å². The van der Waals surface area contributed by atoms with E-state index in [1.165, 1.54) is 60.8 Å². The highest BCUT2D eigenvalue weighted by atomic mass is 79.9. The highest BCUT2D eigenvalue weighted by molar-refractivity contribution is 9.10. The van der Waals surface area contributed by atoms with Gasteiger partial charge in [-0.25, -0.2) is 0 Å². The van der Waals surface area contributed by atoms with Gasteiger partial charge in [-0.2, -0.15) is 0 Å². The number of rotatable bonds is 5. The van der Waals surface area contributed by atoms with Gasteiger partial charge in [-0.15, -0.1) is 0 Å². The van der Waals surface area contributed by atoms with E-state index in [9.17, 15) is 0 Å². The minimum atomic E-state index is 0.216. The molecule has 0 amide bonds. The van der Waals surface area contributed by atoms with Gasteiger partial charge in [0.15, 0.2) is 6.79 Å². The molecular weight excluding hydrogens is 436 g/mol. The summed E-state index contributed by atoms with van der Waals surface area (Å²) in [6.45, 7) is 7.60. The van der Waals surface area contributed by atoms with E-state index in [4.69, 9.17) is 9.47 Å². The van der Waals surface area contributed by atoms with Crippen LogP contribution in [0.1, 0.15) is 63.5 Å². The Bertz CT molecular complexity index is 963. The molecule has 0 saturated heterocycles. The van der Waals surface area contributed by atoms with E-state index >= 15 is 0 Å². The van der Waals surface area contributed by atoms with Crippen molar-refractivity contribution in [1.82, 2.24) is 0 Å². The highest BCUT2D eigenvalue weighted by Crippen LogP contribution is 2.70. The first-order chi connectivity index (χ1) is 14.2. The monoisotopic (exact) mass is 468 g/mol. The molecule has 4 fully saturated rings. The molecule has 0 radical (unpaired) electrons. The van der Waals surface area contributed by atoms with Gasteiger partial charge in [0.05, 0.1) is 0 Å². The molecule has 4 aliphatic carbocycles. The molecule has 0 N–H and O–H groups in total. The lowest BCUT2D eigenvalue weighted by atomic mass is 9.39. The second-order valence-corrected chi connectivity index (χ2v) is 12.0. The van der Waals surface area contributed by atoms with Crippen molar-refractivity contribution in [2.75, 3.05) is 13.9 Å². The van der Waals surface area contributed by atoms with Crippen LogP contribution < -0.4 is 4.74 Å². The van der Waals surface area contributed by atoms with Gasteiger partial charge in [-0.3, -0.25) is 0 Å². The molecule has 0 aliphatic heterocycles. The van der Waals surface area contributed by atoms with Crippen LogP contribution in [0.2, 0.25) is 0 Å². The Kier molecular flexibility index (Phi) is 4.87. The molecule has 3 heteroatoms. The van der Waals surface area contributed by atoms with Crippen molar-refractivity contribution in [3.8, 4) is 16.9 Å².